The Morgan fingerprint density at radius 1 is 1.33 bits per heavy atom. The van der Waals surface area contributed by atoms with Crippen molar-refractivity contribution in [3.8, 4) is 0 Å². The first-order chi connectivity index (χ1) is 8.47. The number of aliphatic hydroxyl groups is 1. The maximum absolute atomic E-state index is 9.33. The maximum atomic E-state index is 9.33. The van der Waals surface area contributed by atoms with Gasteiger partial charge in [0.1, 0.15) is 0 Å². The zero-order valence-corrected chi connectivity index (χ0v) is 11.6. The first-order valence-electron chi connectivity index (χ1n) is 6.97. The number of rotatable bonds is 2. The van der Waals surface area contributed by atoms with Crippen molar-refractivity contribution < 1.29 is 5.11 Å². The quantitative estimate of drug-likeness (QED) is 0.839. The molecule has 1 aromatic carbocycles. The highest BCUT2D eigenvalue weighted by molar-refractivity contribution is 5.59. The minimum absolute atomic E-state index is 0.206. The first-order valence-corrected chi connectivity index (χ1v) is 6.97. The molecule has 2 atom stereocenters. The van der Waals surface area contributed by atoms with Gasteiger partial charge in [0.25, 0.3) is 0 Å². The molecule has 2 nitrogen and oxygen atoms in total. The molecule has 0 amide bonds. The van der Waals surface area contributed by atoms with Crippen LogP contribution in [0.3, 0.4) is 0 Å². The van der Waals surface area contributed by atoms with Crippen LogP contribution in [-0.2, 0) is 10.8 Å². The van der Waals surface area contributed by atoms with Crippen molar-refractivity contribution >= 4 is 5.69 Å². The lowest BCUT2D eigenvalue weighted by Crippen LogP contribution is -2.28. The topological polar surface area (TPSA) is 32.3 Å². The molecule has 1 heterocycles. The van der Waals surface area contributed by atoms with Crippen LogP contribution in [0.15, 0.2) is 18.2 Å². The Balaban J connectivity index is 2.01. The van der Waals surface area contributed by atoms with Gasteiger partial charge in [0.05, 0.1) is 0 Å². The zero-order valence-electron chi connectivity index (χ0n) is 11.6. The number of fused-ring (bicyclic) bond motifs is 1. The number of nitrogens with one attached hydrogen (secondary N) is 1. The molecule has 0 saturated heterocycles. The van der Waals surface area contributed by atoms with E-state index in [1.165, 1.54) is 23.2 Å². The van der Waals surface area contributed by atoms with E-state index in [9.17, 15) is 5.11 Å². The summed E-state index contributed by atoms with van der Waals surface area (Å²) in [5, 5.41) is 12.8. The molecule has 18 heavy (non-hydrogen) atoms. The molecule has 3 rings (SSSR count). The van der Waals surface area contributed by atoms with E-state index in [1.54, 1.807) is 0 Å². The Hall–Kier alpha value is -1.02. The summed E-state index contributed by atoms with van der Waals surface area (Å²) in [6, 6.07) is 6.84. The molecule has 1 aliphatic carbocycles. The molecule has 0 radical (unpaired) electrons. The van der Waals surface area contributed by atoms with Gasteiger partial charge in [0.2, 0.25) is 0 Å². The average molecular weight is 245 g/mol. The predicted molar refractivity (Wildman–Crippen MR) is 75.1 cm³/mol. The highest BCUT2D eigenvalue weighted by Crippen LogP contribution is 2.54. The summed E-state index contributed by atoms with van der Waals surface area (Å²) < 4.78 is 0. The van der Waals surface area contributed by atoms with E-state index in [0.29, 0.717) is 12.5 Å². The fraction of sp³-hybridized carbons (Fsp3) is 0.625. The van der Waals surface area contributed by atoms with Gasteiger partial charge in [0, 0.05) is 18.8 Å². The van der Waals surface area contributed by atoms with E-state index < -0.39 is 0 Å². The van der Waals surface area contributed by atoms with E-state index in [4.69, 9.17) is 0 Å². The van der Waals surface area contributed by atoms with Gasteiger partial charge in [-0.1, -0.05) is 32.9 Å². The number of aliphatic hydroxyl groups excluding tert-OH is 1. The molecule has 2 aliphatic rings. The highest BCUT2D eigenvalue weighted by Gasteiger charge is 2.51. The Morgan fingerprint density at radius 3 is 2.78 bits per heavy atom. The van der Waals surface area contributed by atoms with Crippen LogP contribution in [0.25, 0.3) is 0 Å². The normalized spacial score (nSPS) is 32.6. The Morgan fingerprint density at radius 2 is 2.11 bits per heavy atom. The van der Waals surface area contributed by atoms with E-state index in [2.05, 4.69) is 44.3 Å². The largest absolute Gasteiger partial charge is 0.396 e. The smallest absolute Gasteiger partial charge is 0.0468 e. The lowest BCUT2D eigenvalue weighted by molar-refractivity contribution is 0.265. The molecule has 0 aromatic heterocycles. The SMILES string of the molecule is CC1(C)CCNc2ccc(C3(C)CC3CO)cc21. The van der Waals surface area contributed by atoms with Crippen LogP contribution in [0.2, 0.25) is 0 Å². The molecule has 0 bridgehead atoms. The molecule has 2 unspecified atom stereocenters. The number of benzene rings is 1. The number of hydrogen-bond donors (Lipinski definition) is 2. The summed E-state index contributed by atoms with van der Waals surface area (Å²) in [7, 11) is 0. The second-order valence-corrected chi connectivity index (χ2v) is 6.82. The van der Waals surface area contributed by atoms with Crippen molar-refractivity contribution in [3.63, 3.8) is 0 Å². The van der Waals surface area contributed by atoms with Crippen molar-refractivity contribution in [2.75, 3.05) is 18.5 Å². The molecule has 2 N–H and O–H groups in total. The van der Waals surface area contributed by atoms with Crippen LogP contribution >= 0.6 is 0 Å². The first kappa shape index (κ1) is 12.0. The molecule has 98 valence electrons. The third-order valence-corrected chi connectivity index (χ3v) is 5.11. The Kier molecular flexibility index (Phi) is 2.50. The van der Waals surface area contributed by atoms with Gasteiger partial charge in [-0.2, -0.15) is 0 Å². The van der Waals surface area contributed by atoms with Crippen molar-refractivity contribution in [3.05, 3.63) is 29.3 Å². The summed E-state index contributed by atoms with van der Waals surface area (Å²) >= 11 is 0. The highest BCUT2D eigenvalue weighted by atomic mass is 16.3. The fourth-order valence-electron chi connectivity index (χ4n) is 3.33. The number of anilines is 1. The van der Waals surface area contributed by atoms with Crippen molar-refractivity contribution in [2.24, 2.45) is 5.92 Å². The minimum Gasteiger partial charge on any atom is -0.396 e. The summed E-state index contributed by atoms with van der Waals surface area (Å²) in [6.07, 6.45) is 2.31. The van der Waals surface area contributed by atoms with Gasteiger partial charge in [-0.05, 0) is 46.8 Å². The van der Waals surface area contributed by atoms with Crippen LogP contribution in [0, 0.1) is 5.92 Å². The summed E-state index contributed by atoms with van der Waals surface area (Å²) in [5.41, 5.74) is 4.60. The van der Waals surface area contributed by atoms with E-state index in [1.807, 2.05) is 0 Å². The molecular formula is C16H23NO. The lowest BCUT2D eigenvalue weighted by Gasteiger charge is -2.34. The zero-order chi connectivity index (χ0) is 13.0. The van der Waals surface area contributed by atoms with Gasteiger partial charge < -0.3 is 10.4 Å². The molecule has 0 spiro atoms. The maximum Gasteiger partial charge on any atom is 0.0468 e. The summed E-state index contributed by atoms with van der Waals surface area (Å²) in [5.74, 6) is 0.454. The molecular weight excluding hydrogens is 222 g/mol. The minimum atomic E-state index is 0.206. The standard InChI is InChI=1S/C16H23NO/c1-15(2)6-7-17-14-5-4-11(8-13(14)15)16(3)9-12(16)10-18/h4-5,8,12,17-18H,6-7,9-10H2,1-3H3. The van der Waals surface area contributed by atoms with Crippen LogP contribution in [-0.4, -0.2) is 18.3 Å². The van der Waals surface area contributed by atoms with E-state index >= 15 is 0 Å². The summed E-state index contributed by atoms with van der Waals surface area (Å²) in [4.78, 5) is 0. The predicted octanol–water partition coefficient (Wildman–Crippen LogP) is 3.05. The van der Waals surface area contributed by atoms with Crippen LogP contribution in [0.4, 0.5) is 5.69 Å². The van der Waals surface area contributed by atoms with Gasteiger partial charge in [-0.25, -0.2) is 0 Å². The molecule has 2 heteroatoms. The Labute approximate surface area is 109 Å². The fourth-order valence-corrected chi connectivity index (χ4v) is 3.33. The van der Waals surface area contributed by atoms with Gasteiger partial charge >= 0.3 is 0 Å². The van der Waals surface area contributed by atoms with Gasteiger partial charge in [0.15, 0.2) is 0 Å². The van der Waals surface area contributed by atoms with Crippen LogP contribution < -0.4 is 5.32 Å². The lowest BCUT2D eigenvalue weighted by atomic mass is 9.76. The number of hydrogen-bond acceptors (Lipinski definition) is 2. The Bertz CT molecular complexity index is 480. The van der Waals surface area contributed by atoms with Crippen LogP contribution in [0.5, 0.6) is 0 Å². The van der Waals surface area contributed by atoms with Crippen molar-refractivity contribution in [2.45, 2.75) is 44.4 Å². The van der Waals surface area contributed by atoms with E-state index in [-0.39, 0.29) is 10.8 Å². The third kappa shape index (κ3) is 1.66. The van der Waals surface area contributed by atoms with Gasteiger partial charge in [-0.15, -0.1) is 0 Å². The molecule has 1 aliphatic heterocycles. The van der Waals surface area contributed by atoms with Gasteiger partial charge in [-0.3, -0.25) is 0 Å². The van der Waals surface area contributed by atoms with E-state index in [0.717, 1.165) is 13.0 Å². The molecule has 1 fully saturated rings. The monoisotopic (exact) mass is 245 g/mol. The molecule has 1 saturated carbocycles. The average Bonchev–Trinajstić information content (AvgIpc) is 3.01. The third-order valence-electron chi connectivity index (χ3n) is 5.11. The van der Waals surface area contributed by atoms with Crippen LogP contribution in [0.1, 0.15) is 44.7 Å². The van der Waals surface area contributed by atoms with Crippen molar-refractivity contribution in [1.82, 2.24) is 0 Å². The second-order valence-electron chi connectivity index (χ2n) is 6.82. The summed E-state index contributed by atoms with van der Waals surface area (Å²) in [6.45, 7) is 8.31. The molecule has 1 aromatic rings. The second kappa shape index (κ2) is 3.74. The van der Waals surface area contributed by atoms with Crippen molar-refractivity contribution in [1.29, 1.82) is 0 Å².